The lowest BCUT2D eigenvalue weighted by molar-refractivity contribution is -0.125. The van der Waals surface area contributed by atoms with E-state index in [1.54, 1.807) is 11.0 Å². The van der Waals surface area contributed by atoms with Gasteiger partial charge in [-0.15, -0.1) is 0 Å². The highest BCUT2D eigenvalue weighted by Gasteiger charge is 2.28. The van der Waals surface area contributed by atoms with Crippen LogP contribution in [0.5, 0.6) is 0 Å². The minimum atomic E-state index is -0.500. The van der Waals surface area contributed by atoms with Gasteiger partial charge in [0, 0.05) is 32.3 Å². The third kappa shape index (κ3) is 6.12. The molecule has 0 bridgehead atoms. The normalized spacial score (nSPS) is 21.4. The van der Waals surface area contributed by atoms with Crippen molar-refractivity contribution in [3.8, 4) is 0 Å². The molecule has 1 aliphatic carbocycles. The van der Waals surface area contributed by atoms with Crippen molar-refractivity contribution in [2.45, 2.75) is 72.8 Å². The second kappa shape index (κ2) is 8.49. The molecule has 1 aliphatic heterocycles. The Morgan fingerprint density at radius 3 is 2.30 bits per heavy atom. The van der Waals surface area contributed by atoms with Crippen molar-refractivity contribution in [2.24, 2.45) is 5.41 Å². The van der Waals surface area contributed by atoms with Crippen LogP contribution in [0, 0.1) is 5.41 Å². The summed E-state index contributed by atoms with van der Waals surface area (Å²) in [5.41, 5.74) is 2.32. The summed E-state index contributed by atoms with van der Waals surface area (Å²) >= 11 is 0. The highest BCUT2D eigenvalue weighted by molar-refractivity contribution is 5.88. The van der Waals surface area contributed by atoms with E-state index >= 15 is 0 Å². The first kappa shape index (κ1) is 21.5. The molecular formula is C22H36N2O3. The molecule has 0 unspecified atom stereocenters. The Bertz CT molecular complexity index is 626. The molecule has 2 rings (SSSR count). The molecule has 0 saturated carbocycles. The molecule has 5 heteroatoms. The summed E-state index contributed by atoms with van der Waals surface area (Å²) in [7, 11) is 0. The van der Waals surface area contributed by atoms with Crippen molar-refractivity contribution in [3.63, 3.8) is 0 Å². The van der Waals surface area contributed by atoms with Crippen LogP contribution in [-0.2, 0) is 9.53 Å². The molecule has 0 N–H and O–H groups in total. The van der Waals surface area contributed by atoms with Crippen LogP contribution < -0.4 is 0 Å². The second-order valence-electron chi connectivity index (χ2n) is 9.41. The van der Waals surface area contributed by atoms with Gasteiger partial charge in [-0.2, -0.15) is 0 Å². The van der Waals surface area contributed by atoms with Crippen LogP contribution in [0.2, 0.25) is 0 Å². The van der Waals surface area contributed by atoms with E-state index in [-0.39, 0.29) is 17.4 Å². The van der Waals surface area contributed by atoms with Crippen molar-refractivity contribution in [1.29, 1.82) is 0 Å². The maximum absolute atomic E-state index is 12.7. The Kier molecular flexibility index (Phi) is 6.77. The molecule has 1 heterocycles. The predicted molar refractivity (Wildman–Crippen MR) is 108 cm³/mol. The summed E-state index contributed by atoms with van der Waals surface area (Å²) in [5, 5.41) is 0. The van der Waals surface area contributed by atoms with E-state index < -0.39 is 5.60 Å². The first-order valence-electron chi connectivity index (χ1n) is 10.1. The SMILES string of the molecule is CC1=C(C=CC(=O)N2CCCN(C(=O)OC(C)(C)C)CC2)C(C)(C)CCC1. The fourth-order valence-corrected chi connectivity index (χ4v) is 3.92. The average molecular weight is 377 g/mol. The van der Waals surface area contributed by atoms with E-state index in [0.29, 0.717) is 26.2 Å². The number of rotatable bonds is 2. The summed E-state index contributed by atoms with van der Waals surface area (Å²) in [6.07, 6.45) is 7.71. The zero-order chi connectivity index (χ0) is 20.2. The van der Waals surface area contributed by atoms with Crippen molar-refractivity contribution in [1.82, 2.24) is 9.80 Å². The van der Waals surface area contributed by atoms with Gasteiger partial charge in [-0.3, -0.25) is 4.79 Å². The zero-order valence-electron chi connectivity index (χ0n) is 17.9. The van der Waals surface area contributed by atoms with Crippen LogP contribution in [0.4, 0.5) is 4.79 Å². The molecule has 0 aromatic rings. The number of ether oxygens (including phenoxy) is 1. The number of hydrogen-bond acceptors (Lipinski definition) is 3. The van der Waals surface area contributed by atoms with Gasteiger partial charge in [0.25, 0.3) is 0 Å². The lowest BCUT2D eigenvalue weighted by atomic mass is 9.72. The van der Waals surface area contributed by atoms with Crippen LogP contribution in [0.1, 0.15) is 67.2 Å². The number of nitrogens with zero attached hydrogens (tertiary/aromatic N) is 2. The third-order valence-corrected chi connectivity index (χ3v) is 5.39. The van der Waals surface area contributed by atoms with Crippen molar-refractivity contribution >= 4 is 12.0 Å². The summed E-state index contributed by atoms with van der Waals surface area (Å²) in [5.74, 6) is 0.0303. The second-order valence-corrected chi connectivity index (χ2v) is 9.41. The van der Waals surface area contributed by atoms with Crippen molar-refractivity contribution in [3.05, 3.63) is 23.3 Å². The van der Waals surface area contributed by atoms with E-state index in [9.17, 15) is 9.59 Å². The summed E-state index contributed by atoms with van der Waals surface area (Å²) in [6, 6.07) is 0. The Morgan fingerprint density at radius 2 is 1.67 bits per heavy atom. The first-order chi connectivity index (χ1) is 12.5. The minimum absolute atomic E-state index is 0.0303. The van der Waals surface area contributed by atoms with Gasteiger partial charge in [0.2, 0.25) is 5.91 Å². The average Bonchev–Trinajstić information content (AvgIpc) is 2.78. The molecule has 27 heavy (non-hydrogen) atoms. The predicted octanol–water partition coefficient (Wildman–Crippen LogP) is 4.54. The quantitative estimate of drug-likeness (QED) is 0.665. The van der Waals surface area contributed by atoms with Crippen LogP contribution in [-0.4, -0.2) is 53.6 Å². The van der Waals surface area contributed by atoms with Gasteiger partial charge in [-0.25, -0.2) is 4.79 Å². The monoisotopic (exact) mass is 376 g/mol. The molecular weight excluding hydrogens is 340 g/mol. The molecule has 1 saturated heterocycles. The number of allylic oxidation sites excluding steroid dienone is 3. The van der Waals surface area contributed by atoms with Gasteiger partial charge in [-0.1, -0.05) is 25.5 Å². The minimum Gasteiger partial charge on any atom is -0.444 e. The molecule has 1 fully saturated rings. The molecule has 0 radical (unpaired) electrons. The molecule has 2 aliphatic rings. The zero-order valence-corrected chi connectivity index (χ0v) is 17.9. The number of carbonyl (C=O) groups excluding carboxylic acids is 2. The van der Waals surface area contributed by atoms with Gasteiger partial charge in [-0.05, 0) is 64.4 Å². The van der Waals surface area contributed by atoms with Crippen LogP contribution >= 0.6 is 0 Å². The molecule has 0 aromatic carbocycles. The van der Waals surface area contributed by atoms with Crippen LogP contribution in [0.25, 0.3) is 0 Å². The van der Waals surface area contributed by atoms with E-state index in [0.717, 1.165) is 19.3 Å². The lowest BCUT2D eigenvalue weighted by Crippen LogP contribution is -2.39. The van der Waals surface area contributed by atoms with Crippen molar-refractivity contribution in [2.75, 3.05) is 26.2 Å². The molecule has 0 spiro atoms. The molecule has 2 amide bonds. The summed E-state index contributed by atoms with van der Waals surface area (Å²) in [4.78, 5) is 28.5. The molecule has 152 valence electrons. The Hall–Kier alpha value is -1.78. The highest BCUT2D eigenvalue weighted by atomic mass is 16.6. The van der Waals surface area contributed by atoms with Gasteiger partial charge in [0.1, 0.15) is 5.60 Å². The smallest absolute Gasteiger partial charge is 0.410 e. The molecule has 0 aromatic heterocycles. The fraction of sp³-hybridized carbons (Fsp3) is 0.727. The van der Waals surface area contributed by atoms with E-state index in [2.05, 4.69) is 20.8 Å². The van der Waals surface area contributed by atoms with Gasteiger partial charge >= 0.3 is 6.09 Å². The van der Waals surface area contributed by atoms with Crippen molar-refractivity contribution < 1.29 is 14.3 Å². The Labute approximate surface area is 164 Å². The van der Waals surface area contributed by atoms with Gasteiger partial charge in [0.05, 0.1) is 0 Å². The van der Waals surface area contributed by atoms with Gasteiger partial charge in [0.15, 0.2) is 0 Å². The largest absolute Gasteiger partial charge is 0.444 e. The standard InChI is InChI=1S/C22H36N2O3/c1-17-9-7-12-22(5,6)18(17)10-11-19(25)23-13-8-14-24(16-15-23)20(26)27-21(2,3)4/h10-11H,7-9,12-16H2,1-6H3. The topological polar surface area (TPSA) is 49.9 Å². The summed E-state index contributed by atoms with van der Waals surface area (Å²) < 4.78 is 5.45. The van der Waals surface area contributed by atoms with E-state index in [1.165, 1.54) is 17.6 Å². The maximum Gasteiger partial charge on any atom is 0.410 e. The third-order valence-electron chi connectivity index (χ3n) is 5.39. The van der Waals surface area contributed by atoms with E-state index in [4.69, 9.17) is 4.74 Å². The summed E-state index contributed by atoms with van der Waals surface area (Å²) in [6.45, 7) is 14.6. The van der Waals surface area contributed by atoms with Crippen LogP contribution in [0.15, 0.2) is 23.3 Å². The van der Waals surface area contributed by atoms with E-state index in [1.807, 2.05) is 31.7 Å². The number of hydrogen-bond donors (Lipinski definition) is 0. The fourth-order valence-electron chi connectivity index (χ4n) is 3.92. The Morgan fingerprint density at radius 1 is 1.04 bits per heavy atom. The lowest BCUT2D eigenvalue weighted by Gasteiger charge is -2.33. The number of amides is 2. The first-order valence-corrected chi connectivity index (χ1v) is 10.1. The maximum atomic E-state index is 12.7. The van der Waals surface area contributed by atoms with Crippen LogP contribution in [0.3, 0.4) is 0 Å². The van der Waals surface area contributed by atoms with Gasteiger partial charge < -0.3 is 14.5 Å². The Balaban J connectivity index is 1.97. The highest BCUT2D eigenvalue weighted by Crippen LogP contribution is 2.40. The molecule has 5 nitrogen and oxygen atoms in total. The number of carbonyl (C=O) groups is 2. The molecule has 0 atom stereocenters.